The van der Waals surface area contributed by atoms with E-state index in [9.17, 15) is 9.59 Å². The molecule has 1 aliphatic rings. The molecule has 2 unspecified atom stereocenters. The van der Waals surface area contributed by atoms with E-state index in [4.69, 9.17) is 18.9 Å². The van der Waals surface area contributed by atoms with Crippen LogP contribution in [0.1, 0.15) is 33.3 Å². The van der Waals surface area contributed by atoms with Crippen molar-refractivity contribution >= 4 is 11.9 Å². The lowest BCUT2D eigenvalue weighted by Crippen LogP contribution is -2.49. The van der Waals surface area contributed by atoms with Gasteiger partial charge in [-0.2, -0.15) is 0 Å². The van der Waals surface area contributed by atoms with E-state index >= 15 is 0 Å². The molecule has 1 aromatic rings. The van der Waals surface area contributed by atoms with E-state index in [2.05, 4.69) is 0 Å². The fraction of sp³-hybridized carbons (Fsp3) is 0.600. The van der Waals surface area contributed by atoms with E-state index in [1.165, 1.54) is 7.11 Å². The molecule has 1 aliphatic heterocycles. The summed E-state index contributed by atoms with van der Waals surface area (Å²) in [6, 6.07) is 5.59. The molecule has 0 fully saturated rings. The van der Waals surface area contributed by atoms with Crippen LogP contribution in [0.25, 0.3) is 0 Å². The Morgan fingerprint density at radius 3 is 2.56 bits per heavy atom. The Balaban J connectivity index is 2.11. The largest absolute Gasteiger partial charge is 0.485 e. The number of fused-ring (bicyclic) bond motifs is 1. The van der Waals surface area contributed by atoms with Gasteiger partial charge in [-0.3, -0.25) is 4.79 Å². The fourth-order valence-electron chi connectivity index (χ4n) is 3.10. The molecule has 27 heavy (non-hydrogen) atoms. The first-order valence-electron chi connectivity index (χ1n) is 9.03. The number of rotatable bonds is 7. The number of esters is 1. The molecule has 2 rings (SSSR count). The minimum atomic E-state index is -1.15. The zero-order valence-corrected chi connectivity index (χ0v) is 16.9. The van der Waals surface area contributed by atoms with Gasteiger partial charge in [0.25, 0.3) is 0 Å². The highest BCUT2D eigenvalue weighted by molar-refractivity contribution is 5.80. The zero-order valence-electron chi connectivity index (χ0n) is 16.9. The summed E-state index contributed by atoms with van der Waals surface area (Å²) in [5.74, 6) is 0.621. The van der Waals surface area contributed by atoms with Gasteiger partial charge in [0.2, 0.25) is 11.5 Å². The van der Waals surface area contributed by atoms with E-state index in [-0.39, 0.29) is 24.7 Å². The van der Waals surface area contributed by atoms with Crippen LogP contribution in [-0.4, -0.2) is 61.9 Å². The van der Waals surface area contributed by atoms with Gasteiger partial charge in [0.1, 0.15) is 6.61 Å². The Morgan fingerprint density at radius 2 is 1.96 bits per heavy atom. The SMILES string of the molecule is COC(=O)C1(C)COc2cc(C[C@H](C)N(CC(C)OC)C(C)=O)ccc2O1. The summed E-state index contributed by atoms with van der Waals surface area (Å²) in [5.41, 5.74) is -0.138. The van der Waals surface area contributed by atoms with Gasteiger partial charge >= 0.3 is 5.97 Å². The second-order valence-electron chi connectivity index (χ2n) is 7.17. The van der Waals surface area contributed by atoms with Crippen LogP contribution in [-0.2, 0) is 25.5 Å². The maximum atomic E-state index is 12.0. The van der Waals surface area contributed by atoms with Gasteiger partial charge < -0.3 is 23.8 Å². The fourth-order valence-corrected chi connectivity index (χ4v) is 3.10. The van der Waals surface area contributed by atoms with Crippen LogP contribution < -0.4 is 9.47 Å². The smallest absolute Gasteiger partial charge is 0.353 e. The first kappa shape index (κ1) is 21.0. The van der Waals surface area contributed by atoms with Crippen molar-refractivity contribution in [2.45, 2.75) is 51.9 Å². The summed E-state index contributed by atoms with van der Waals surface area (Å²) in [7, 11) is 2.96. The van der Waals surface area contributed by atoms with Crippen molar-refractivity contribution in [2.75, 3.05) is 27.4 Å². The van der Waals surface area contributed by atoms with Gasteiger partial charge in [0.05, 0.1) is 13.2 Å². The quantitative estimate of drug-likeness (QED) is 0.676. The Morgan fingerprint density at radius 1 is 1.26 bits per heavy atom. The van der Waals surface area contributed by atoms with Crippen molar-refractivity contribution in [1.82, 2.24) is 4.90 Å². The molecule has 7 nitrogen and oxygen atoms in total. The summed E-state index contributed by atoms with van der Waals surface area (Å²) in [5, 5.41) is 0. The van der Waals surface area contributed by atoms with Gasteiger partial charge in [-0.1, -0.05) is 6.07 Å². The topological polar surface area (TPSA) is 74.3 Å². The highest BCUT2D eigenvalue weighted by atomic mass is 16.6. The maximum absolute atomic E-state index is 12.0. The van der Waals surface area contributed by atoms with Crippen LogP contribution >= 0.6 is 0 Å². The third-order valence-corrected chi connectivity index (χ3v) is 4.79. The zero-order chi connectivity index (χ0) is 20.2. The summed E-state index contributed by atoms with van der Waals surface area (Å²) >= 11 is 0. The minimum absolute atomic E-state index is 0.00277. The number of benzene rings is 1. The summed E-state index contributed by atoms with van der Waals surface area (Å²) in [6.45, 7) is 7.77. The lowest BCUT2D eigenvalue weighted by Gasteiger charge is -2.33. The average molecular weight is 379 g/mol. The highest BCUT2D eigenvalue weighted by Crippen LogP contribution is 2.36. The minimum Gasteiger partial charge on any atom is -0.485 e. The molecule has 1 heterocycles. The third-order valence-electron chi connectivity index (χ3n) is 4.79. The standard InChI is InChI=1S/C20H29NO6/c1-13(21(15(3)22)11-14(2)24-5)9-16-7-8-17-18(10-16)26-12-20(4,27-17)19(23)25-6/h7-8,10,13-14H,9,11-12H2,1-6H3/t13-,14?,20?/m0/s1. The van der Waals surface area contributed by atoms with Crippen molar-refractivity contribution in [3.8, 4) is 11.5 Å². The third kappa shape index (κ3) is 4.91. The van der Waals surface area contributed by atoms with E-state index in [1.54, 1.807) is 31.9 Å². The second kappa shape index (κ2) is 8.61. The first-order chi connectivity index (χ1) is 12.7. The van der Waals surface area contributed by atoms with Crippen LogP contribution in [0, 0.1) is 0 Å². The molecule has 150 valence electrons. The van der Waals surface area contributed by atoms with Crippen molar-refractivity contribution < 1.29 is 28.5 Å². The van der Waals surface area contributed by atoms with E-state index in [1.807, 2.05) is 26.0 Å². The van der Waals surface area contributed by atoms with Crippen LogP contribution in [0.2, 0.25) is 0 Å². The van der Waals surface area contributed by atoms with Crippen molar-refractivity contribution in [3.05, 3.63) is 23.8 Å². The molecule has 0 saturated carbocycles. The monoisotopic (exact) mass is 379 g/mol. The first-order valence-corrected chi connectivity index (χ1v) is 9.03. The molecule has 0 bridgehead atoms. The Bertz CT molecular complexity index is 691. The van der Waals surface area contributed by atoms with Gasteiger partial charge in [-0.25, -0.2) is 4.79 Å². The lowest BCUT2D eigenvalue weighted by atomic mass is 10.0. The molecule has 0 radical (unpaired) electrons. The molecular formula is C20H29NO6. The lowest BCUT2D eigenvalue weighted by molar-refractivity contribution is -0.162. The van der Waals surface area contributed by atoms with Gasteiger partial charge in [-0.15, -0.1) is 0 Å². The summed E-state index contributed by atoms with van der Waals surface area (Å²) < 4.78 is 21.6. The molecule has 1 amide bonds. The molecule has 0 aliphatic carbocycles. The summed E-state index contributed by atoms with van der Waals surface area (Å²) in [6.07, 6.45) is 0.633. The number of ether oxygens (including phenoxy) is 4. The van der Waals surface area contributed by atoms with E-state index in [0.717, 1.165) is 5.56 Å². The molecule has 0 N–H and O–H groups in total. The number of amides is 1. The highest BCUT2D eigenvalue weighted by Gasteiger charge is 2.42. The van der Waals surface area contributed by atoms with Crippen LogP contribution in [0.15, 0.2) is 18.2 Å². The summed E-state index contributed by atoms with van der Waals surface area (Å²) in [4.78, 5) is 25.7. The second-order valence-corrected chi connectivity index (χ2v) is 7.17. The molecule has 0 saturated heterocycles. The Hall–Kier alpha value is -2.28. The molecule has 3 atom stereocenters. The van der Waals surface area contributed by atoms with Crippen molar-refractivity contribution in [2.24, 2.45) is 0 Å². The Labute approximate surface area is 160 Å². The van der Waals surface area contributed by atoms with Gasteiger partial charge in [-0.05, 0) is 44.9 Å². The van der Waals surface area contributed by atoms with Crippen LogP contribution in [0.3, 0.4) is 0 Å². The van der Waals surface area contributed by atoms with Gasteiger partial charge in [0, 0.05) is 26.6 Å². The normalized spacial score (nSPS) is 20.5. The molecule has 7 heteroatoms. The predicted octanol–water partition coefficient (Wildman–Crippen LogP) is 2.20. The number of nitrogens with zero attached hydrogens (tertiary/aromatic N) is 1. The average Bonchev–Trinajstić information content (AvgIpc) is 2.64. The molecule has 1 aromatic carbocycles. The number of hydrogen-bond donors (Lipinski definition) is 0. The maximum Gasteiger partial charge on any atom is 0.353 e. The number of hydrogen-bond acceptors (Lipinski definition) is 6. The van der Waals surface area contributed by atoms with Crippen LogP contribution in [0.4, 0.5) is 0 Å². The number of carbonyl (C=O) groups is 2. The number of carbonyl (C=O) groups excluding carboxylic acids is 2. The van der Waals surface area contributed by atoms with Crippen molar-refractivity contribution in [1.29, 1.82) is 0 Å². The molecular weight excluding hydrogens is 350 g/mol. The van der Waals surface area contributed by atoms with E-state index < -0.39 is 11.6 Å². The molecule has 0 aromatic heterocycles. The Kier molecular flexibility index (Phi) is 6.70. The van der Waals surface area contributed by atoms with Crippen LogP contribution in [0.5, 0.6) is 11.5 Å². The molecule has 0 spiro atoms. The van der Waals surface area contributed by atoms with Crippen molar-refractivity contribution in [3.63, 3.8) is 0 Å². The number of methoxy groups -OCH3 is 2. The van der Waals surface area contributed by atoms with E-state index in [0.29, 0.717) is 24.5 Å². The van der Waals surface area contributed by atoms with Gasteiger partial charge in [0.15, 0.2) is 11.5 Å². The predicted molar refractivity (Wildman–Crippen MR) is 100 cm³/mol.